The second kappa shape index (κ2) is 10.6. The summed E-state index contributed by atoms with van der Waals surface area (Å²) in [6, 6.07) is 0. The molecular weight excluding hydrogens is 282 g/mol. The van der Waals surface area contributed by atoms with Crippen molar-refractivity contribution in [2.24, 2.45) is 11.7 Å². The highest BCUT2D eigenvalue weighted by molar-refractivity contribution is 5.79. The second-order valence-corrected chi connectivity index (χ2v) is 6.29. The Labute approximate surface area is 133 Å². The molecule has 0 saturated carbocycles. The molecule has 0 aliphatic carbocycles. The van der Waals surface area contributed by atoms with Crippen molar-refractivity contribution in [2.45, 2.75) is 52.1 Å². The van der Waals surface area contributed by atoms with Crippen LogP contribution in [-0.4, -0.2) is 55.6 Å². The summed E-state index contributed by atoms with van der Waals surface area (Å²) in [5, 5.41) is 2.80. The molecule has 0 radical (unpaired) electrons. The highest BCUT2D eigenvalue weighted by Crippen LogP contribution is 2.14. The van der Waals surface area contributed by atoms with Gasteiger partial charge in [-0.3, -0.25) is 9.59 Å². The van der Waals surface area contributed by atoms with Crippen molar-refractivity contribution in [1.82, 2.24) is 10.2 Å². The summed E-state index contributed by atoms with van der Waals surface area (Å²) in [4.78, 5) is 25.5. The van der Waals surface area contributed by atoms with E-state index in [4.69, 9.17) is 10.5 Å². The molecule has 0 bridgehead atoms. The van der Waals surface area contributed by atoms with E-state index in [0.717, 1.165) is 32.4 Å². The van der Waals surface area contributed by atoms with Crippen molar-refractivity contribution in [2.75, 3.05) is 32.8 Å². The summed E-state index contributed by atoms with van der Waals surface area (Å²) in [6.07, 6.45) is 3.80. The minimum atomic E-state index is 0.0230. The lowest BCUT2D eigenvalue weighted by Crippen LogP contribution is -2.42. The molecule has 0 spiro atoms. The number of piperidine rings is 1. The molecule has 3 N–H and O–H groups in total. The topological polar surface area (TPSA) is 84.7 Å². The second-order valence-electron chi connectivity index (χ2n) is 6.29. The zero-order valence-corrected chi connectivity index (χ0v) is 14.0. The fourth-order valence-electron chi connectivity index (χ4n) is 2.52. The van der Waals surface area contributed by atoms with Crippen LogP contribution in [0.5, 0.6) is 0 Å². The maximum atomic E-state index is 12.1. The molecule has 1 fully saturated rings. The smallest absolute Gasteiger partial charge is 0.224 e. The predicted molar refractivity (Wildman–Crippen MR) is 86.3 cm³/mol. The minimum absolute atomic E-state index is 0.0230. The van der Waals surface area contributed by atoms with E-state index in [1.165, 1.54) is 0 Å². The lowest BCUT2D eigenvalue weighted by atomic mass is 10.1. The molecule has 22 heavy (non-hydrogen) atoms. The molecule has 0 atom stereocenters. The molecule has 0 aromatic rings. The van der Waals surface area contributed by atoms with Gasteiger partial charge in [-0.25, -0.2) is 0 Å². The molecule has 0 unspecified atom stereocenters. The maximum absolute atomic E-state index is 12.1. The van der Waals surface area contributed by atoms with Gasteiger partial charge in [-0.2, -0.15) is 0 Å². The molecule has 128 valence electrons. The molecule has 1 saturated heterocycles. The zero-order valence-electron chi connectivity index (χ0n) is 14.0. The number of carbonyl (C=O) groups excluding carboxylic acids is 2. The van der Waals surface area contributed by atoms with Crippen LogP contribution in [0.2, 0.25) is 0 Å². The fourth-order valence-corrected chi connectivity index (χ4v) is 2.52. The van der Waals surface area contributed by atoms with Crippen LogP contribution in [0.4, 0.5) is 0 Å². The predicted octanol–water partition coefficient (Wildman–Crippen LogP) is 0.895. The quantitative estimate of drug-likeness (QED) is 0.619. The number of likely N-dealkylation sites (tertiary alicyclic amines) is 1. The first-order chi connectivity index (χ1) is 10.5. The van der Waals surface area contributed by atoms with E-state index < -0.39 is 0 Å². The van der Waals surface area contributed by atoms with Crippen LogP contribution in [0.25, 0.3) is 0 Å². The average molecular weight is 313 g/mol. The van der Waals surface area contributed by atoms with Crippen LogP contribution in [0.3, 0.4) is 0 Å². The number of amides is 2. The first kappa shape index (κ1) is 18.9. The van der Waals surface area contributed by atoms with Gasteiger partial charge in [0.25, 0.3) is 0 Å². The molecular formula is C16H31N3O3. The summed E-state index contributed by atoms with van der Waals surface area (Å²) in [5.74, 6) is 0.481. The number of hydrogen-bond donors (Lipinski definition) is 2. The third-order valence-electron chi connectivity index (χ3n) is 3.75. The summed E-state index contributed by atoms with van der Waals surface area (Å²) in [6.45, 7) is 7.28. The standard InChI is InChI=1S/C16H31N3O3/c1-13(2)12-15(20)18-8-4-16(21)19-9-5-14(6-10-19)22-11-3-7-17/h13-14H,3-12,17H2,1-2H3,(H,18,20). The Morgan fingerprint density at radius 1 is 1.32 bits per heavy atom. The number of nitrogens with two attached hydrogens (primary N) is 1. The fraction of sp³-hybridized carbons (Fsp3) is 0.875. The van der Waals surface area contributed by atoms with Crippen LogP contribution in [0.1, 0.15) is 46.0 Å². The van der Waals surface area contributed by atoms with E-state index in [0.29, 0.717) is 38.5 Å². The van der Waals surface area contributed by atoms with Gasteiger partial charge in [0.15, 0.2) is 0 Å². The van der Waals surface area contributed by atoms with Crippen molar-refractivity contribution in [3.05, 3.63) is 0 Å². The maximum Gasteiger partial charge on any atom is 0.224 e. The van der Waals surface area contributed by atoms with Crippen LogP contribution in [0, 0.1) is 5.92 Å². The van der Waals surface area contributed by atoms with Crippen molar-refractivity contribution in [3.8, 4) is 0 Å². The Balaban J connectivity index is 2.13. The first-order valence-electron chi connectivity index (χ1n) is 8.39. The molecule has 6 heteroatoms. The summed E-state index contributed by atoms with van der Waals surface area (Å²) in [7, 11) is 0. The SMILES string of the molecule is CC(C)CC(=O)NCCC(=O)N1CCC(OCCCN)CC1. The number of hydrogen-bond acceptors (Lipinski definition) is 4. The summed E-state index contributed by atoms with van der Waals surface area (Å²) in [5.41, 5.74) is 5.44. The largest absolute Gasteiger partial charge is 0.378 e. The van der Waals surface area contributed by atoms with E-state index in [1.807, 2.05) is 18.7 Å². The van der Waals surface area contributed by atoms with Crippen molar-refractivity contribution in [3.63, 3.8) is 0 Å². The lowest BCUT2D eigenvalue weighted by molar-refractivity contribution is -0.133. The number of rotatable bonds is 9. The molecule has 6 nitrogen and oxygen atoms in total. The highest BCUT2D eigenvalue weighted by atomic mass is 16.5. The van der Waals surface area contributed by atoms with Gasteiger partial charge < -0.3 is 20.7 Å². The van der Waals surface area contributed by atoms with Crippen LogP contribution < -0.4 is 11.1 Å². The third kappa shape index (κ3) is 7.75. The number of nitrogens with one attached hydrogen (secondary N) is 1. The van der Waals surface area contributed by atoms with Gasteiger partial charge in [0.2, 0.25) is 11.8 Å². The van der Waals surface area contributed by atoms with E-state index in [1.54, 1.807) is 0 Å². The van der Waals surface area contributed by atoms with Gasteiger partial charge in [-0.15, -0.1) is 0 Å². The van der Waals surface area contributed by atoms with Crippen LogP contribution in [0.15, 0.2) is 0 Å². The van der Waals surface area contributed by atoms with Gasteiger partial charge in [0, 0.05) is 39.1 Å². The monoisotopic (exact) mass is 313 g/mol. The average Bonchev–Trinajstić information content (AvgIpc) is 2.47. The highest BCUT2D eigenvalue weighted by Gasteiger charge is 2.22. The van der Waals surface area contributed by atoms with Crippen molar-refractivity contribution < 1.29 is 14.3 Å². The molecule has 1 aliphatic heterocycles. The van der Waals surface area contributed by atoms with Gasteiger partial charge in [0.05, 0.1) is 6.10 Å². The number of carbonyl (C=O) groups is 2. The summed E-state index contributed by atoms with van der Waals surface area (Å²) >= 11 is 0. The molecule has 0 aromatic heterocycles. The third-order valence-corrected chi connectivity index (χ3v) is 3.75. The van der Waals surface area contributed by atoms with Crippen molar-refractivity contribution >= 4 is 11.8 Å². The summed E-state index contributed by atoms with van der Waals surface area (Å²) < 4.78 is 5.73. The zero-order chi connectivity index (χ0) is 16.4. The van der Waals surface area contributed by atoms with Crippen LogP contribution >= 0.6 is 0 Å². The van der Waals surface area contributed by atoms with Gasteiger partial charge in [0.1, 0.15) is 0 Å². The Bertz CT molecular complexity index is 340. The van der Waals surface area contributed by atoms with E-state index in [2.05, 4.69) is 5.32 Å². The molecule has 1 aliphatic rings. The Kier molecular flexibility index (Phi) is 9.08. The molecule has 0 aromatic carbocycles. The molecule has 2 amide bonds. The van der Waals surface area contributed by atoms with Crippen LogP contribution in [-0.2, 0) is 14.3 Å². The molecule has 1 heterocycles. The van der Waals surface area contributed by atoms with Gasteiger partial charge in [-0.1, -0.05) is 13.8 Å². The molecule has 1 rings (SSSR count). The van der Waals surface area contributed by atoms with Gasteiger partial charge >= 0.3 is 0 Å². The lowest BCUT2D eigenvalue weighted by Gasteiger charge is -2.32. The Morgan fingerprint density at radius 2 is 2.00 bits per heavy atom. The van der Waals surface area contributed by atoms with Gasteiger partial charge in [-0.05, 0) is 31.7 Å². The Hall–Kier alpha value is -1.14. The first-order valence-corrected chi connectivity index (χ1v) is 8.39. The normalized spacial score (nSPS) is 16.1. The van der Waals surface area contributed by atoms with E-state index in [9.17, 15) is 9.59 Å². The Morgan fingerprint density at radius 3 is 2.59 bits per heavy atom. The van der Waals surface area contributed by atoms with E-state index >= 15 is 0 Å². The number of nitrogens with zero attached hydrogens (tertiary/aromatic N) is 1. The number of ether oxygens (including phenoxy) is 1. The van der Waals surface area contributed by atoms with Crippen molar-refractivity contribution in [1.29, 1.82) is 0 Å². The van der Waals surface area contributed by atoms with E-state index in [-0.39, 0.29) is 17.9 Å². The minimum Gasteiger partial charge on any atom is -0.378 e.